The molecule has 0 amide bonds. The van der Waals surface area contributed by atoms with Crippen LogP contribution in [0.3, 0.4) is 0 Å². The van der Waals surface area contributed by atoms with E-state index in [9.17, 15) is 9.59 Å². The molecule has 8 nitrogen and oxygen atoms in total. The summed E-state index contributed by atoms with van der Waals surface area (Å²) in [6, 6.07) is 73.1. The van der Waals surface area contributed by atoms with Crippen LogP contribution in [-0.2, 0) is 27.1 Å². The van der Waals surface area contributed by atoms with Gasteiger partial charge in [0.2, 0.25) is 0 Å². The number of unbranched alkanes of at least 4 members (excludes halogenated alkanes) is 1. The van der Waals surface area contributed by atoms with Crippen molar-refractivity contribution in [1.29, 1.82) is 0 Å². The summed E-state index contributed by atoms with van der Waals surface area (Å²) >= 11 is 0. The van der Waals surface area contributed by atoms with Crippen LogP contribution in [0.25, 0.3) is 11.6 Å². The van der Waals surface area contributed by atoms with Gasteiger partial charge in [0.15, 0.2) is 0 Å². The number of carbonyl (C=O) groups is 2. The lowest BCUT2D eigenvalue weighted by Gasteiger charge is -2.26. The molecule has 0 saturated heterocycles. The number of benzene rings is 8. The summed E-state index contributed by atoms with van der Waals surface area (Å²) in [6.45, 7) is 1.82. The number of nitrogens with zero attached hydrogens (tertiary/aromatic N) is 2. The highest BCUT2D eigenvalue weighted by molar-refractivity contribution is 5.92. The van der Waals surface area contributed by atoms with Gasteiger partial charge in [0.1, 0.15) is 11.5 Å². The standard InChI is InChI=1S/C60H54N2O6/c1-45(63)66-42-12-13-43-67-60(64)68-58-40-30-50(31-41-58)59(49-28-38-57(65-2)39-29-49)44-48-26-36-56(37-27-48)62(53-18-10-5-11-19-53)55-34-24-47(25-35-55)21-20-46-22-32-54(33-23-46)61(51-14-6-3-7-15-51)52-16-8-4-9-17-52/h3-11,14-19,22-41,44H,12-13,20-21,42-43H2,1-2H3. The first-order valence-corrected chi connectivity index (χ1v) is 22.9. The van der Waals surface area contributed by atoms with Crippen LogP contribution < -0.4 is 19.3 Å². The Labute approximate surface area is 399 Å². The van der Waals surface area contributed by atoms with Crippen molar-refractivity contribution in [3.05, 3.63) is 240 Å². The van der Waals surface area contributed by atoms with Crippen molar-refractivity contribution in [2.45, 2.75) is 32.6 Å². The van der Waals surface area contributed by atoms with E-state index in [0.29, 0.717) is 18.6 Å². The second-order valence-corrected chi connectivity index (χ2v) is 16.2. The van der Waals surface area contributed by atoms with Crippen molar-refractivity contribution in [2.24, 2.45) is 0 Å². The first-order valence-electron chi connectivity index (χ1n) is 22.9. The summed E-state index contributed by atoms with van der Waals surface area (Å²) in [5.74, 6) is 0.800. The Morgan fingerprint density at radius 2 is 0.824 bits per heavy atom. The maximum Gasteiger partial charge on any atom is 0.513 e. The lowest BCUT2D eigenvalue weighted by molar-refractivity contribution is -0.141. The molecule has 0 aliphatic heterocycles. The quantitative estimate of drug-likeness (QED) is 0.0344. The van der Waals surface area contributed by atoms with E-state index < -0.39 is 6.16 Å². The van der Waals surface area contributed by atoms with Gasteiger partial charge in [-0.1, -0.05) is 115 Å². The molecule has 0 N–H and O–H groups in total. The summed E-state index contributed by atoms with van der Waals surface area (Å²) in [5.41, 5.74) is 13.0. The number of carbonyl (C=O) groups excluding carboxylic acids is 2. The van der Waals surface area contributed by atoms with Crippen LogP contribution >= 0.6 is 0 Å². The van der Waals surface area contributed by atoms with Gasteiger partial charge in [-0.15, -0.1) is 0 Å². The van der Waals surface area contributed by atoms with Gasteiger partial charge in [-0.25, -0.2) is 4.79 Å². The minimum absolute atomic E-state index is 0.166. The van der Waals surface area contributed by atoms with E-state index in [1.54, 1.807) is 19.2 Å². The van der Waals surface area contributed by atoms with E-state index in [2.05, 4.69) is 161 Å². The molecular formula is C60H54N2O6. The van der Waals surface area contributed by atoms with Crippen LogP contribution in [0.4, 0.5) is 38.9 Å². The van der Waals surface area contributed by atoms with Crippen LogP contribution in [0.15, 0.2) is 212 Å². The van der Waals surface area contributed by atoms with Gasteiger partial charge >= 0.3 is 12.1 Å². The first kappa shape index (κ1) is 46.2. The minimum atomic E-state index is -0.787. The van der Waals surface area contributed by atoms with Gasteiger partial charge in [0.05, 0.1) is 20.3 Å². The average molecular weight is 899 g/mol. The smallest absolute Gasteiger partial charge is 0.497 e. The summed E-state index contributed by atoms with van der Waals surface area (Å²) in [7, 11) is 1.65. The van der Waals surface area contributed by atoms with Crippen LogP contribution in [0.2, 0.25) is 0 Å². The van der Waals surface area contributed by atoms with Crippen molar-refractivity contribution < 1.29 is 28.5 Å². The van der Waals surface area contributed by atoms with Crippen molar-refractivity contribution >= 4 is 57.9 Å². The molecule has 8 aromatic carbocycles. The van der Waals surface area contributed by atoms with Gasteiger partial charge in [0.25, 0.3) is 0 Å². The van der Waals surface area contributed by atoms with E-state index >= 15 is 0 Å². The zero-order valence-electron chi connectivity index (χ0n) is 38.4. The molecule has 0 saturated carbocycles. The topological polar surface area (TPSA) is 77.5 Å². The molecule has 8 heteroatoms. The highest BCUT2D eigenvalue weighted by Crippen LogP contribution is 2.37. The molecule has 0 radical (unpaired) electrons. The summed E-state index contributed by atoms with van der Waals surface area (Å²) in [6.07, 6.45) is 4.37. The molecule has 0 aliphatic rings. The van der Waals surface area contributed by atoms with Crippen LogP contribution in [0, 0.1) is 0 Å². The van der Waals surface area contributed by atoms with Gasteiger partial charge < -0.3 is 28.7 Å². The fraction of sp³-hybridized carbons (Fsp3) is 0.133. The lowest BCUT2D eigenvalue weighted by Crippen LogP contribution is -2.12. The minimum Gasteiger partial charge on any atom is -0.497 e. The Hall–Kier alpha value is -8.36. The van der Waals surface area contributed by atoms with Crippen LogP contribution in [0.1, 0.15) is 47.6 Å². The van der Waals surface area contributed by atoms with Gasteiger partial charge in [-0.2, -0.15) is 0 Å². The second kappa shape index (κ2) is 23.2. The first-order chi connectivity index (χ1) is 33.4. The van der Waals surface area contributed by atoms with Crippen molar-refractivity contribution in [2.75, 3.05) is 30.1 Å². The molecule has 68 heavy (non-hydrogen) atoms. The lowest BCUT2D eigenvalue weighted by atomic mass is 9.95. The maximum absolute atomic E-state index is 12.4. The molecular weight excluding hydrogens is 845 g/mol. The van der Waals surface area contributed by atoms with Crippen LogP contribution in [-0.4, -0.2) is 32.4 Å². The SMILES string of the molecule is COc1ccc(C(=Cc2ccc(N(c3ccccc3)c3ccc(CCc4ccc(N(c5ccccc5)c5ccccc5)cc4)cc3)cc2)c2ccc(OC(=O)OCCCCOC(C)=O)cc2)cc1. The normalized spacial score (nSPS) is 11.1. The average Bonchev–Trinajstić information content (AvgIpc) is 3.38. The summed E-state index contributed by atoms with van der Waals surface area (Å²) < 4.78 is 21.0. The Morgan fingerprint density at radius 1 is 0.441 bits per heavy atom. The third kappa shape index (κ3) is 12.5. The molecule has 0 heterocycles. The van der Waals surface area contributed by atoms with Crippen molar-refractivity contribution in [3.8, 4) is 11.5 Å². The van der Waals surface area contributed by atoms with E-state index in [-0.39, 0.29) is 19.2 Å². The molecule has 0 bridgehead atoms. The number of rotatable bonds is 19. The van der Waals surface area contributed by atoms with Gasteiger partial charge in [-0.3, -0.25) is 4.79 Å². The molecule has 0 aromatic heterocycles. The Bertz CT molecular complexity index is 2810. The Balaban J connectivity index is 0.963. The summed E-state index contributed by atoms with van der Waals surface area (Å²) in [5, 5.41) is 0. The number of anilines is 6. The molecule has 0 fully saturated rings. The zero-order valence-corrected chi connectivity index (χ0v) is 38.4. The number of ether oxygens (including phenoxy) is 4. The highest BCUT2D eigenvalue weighted by atomic mass is 16.7. The fourth-order valence-corrected chi connectivity index (χ4v) is 7.93. The second-order valence-electron chi connectivity index (χ2n) is 16.2. The number of hydrogen-bond acceptors (Lipinski definition) is 8. The van der Waals surface area contributed by atoms with E-state index in [1.807, 2.05) is 54.6 Å². The summed E-state index contributed by atoms with van der Waals surface area (Å²) in [4.78, 5) is 27.9. The predicted molar refractivity (Wildman–Crippen MR) is 274 cm³/mol. The largest absolute Gasteiger partial charge is 0.513 e. The van der Waals surface area contributed by atoms with E-state index in [1.165, 1.54) is 18.1 Å². The fourth-order valence-electron chi connectivity index (χ4n) is 7.93. The molecule has 340 valence electrons. The molecule has 0 spiro atoms. The molecule has 0 aliphatic carbocycles. The highest BCUT2D eigenvalue weighted by Gasteiger charge is 2.15. The van der Waals surface area contributed by atoms with Crippen LogP contribution in [0.5, 0.6) is 11.5 Å². The van der Waals surface area contributed by atoms with Crippen molar-refractivity contribution in [3.63, 3.8) is 0 Å². The third-order valence-electron chi connectivity index (χ3n) is 11.4. The van der Waals surface area contributed by atoms with Gasteiger partial charge in [0, 0.05) is 41.0 Å². The molecule has 8 rings (SSSR count). The van der Waals surface area contributed by atoms with Crippen molar-refractivity contribution in [1.82, 2.24) is 0 Å². The number of para-hydroxylation sites is 3. The Morgan fingerprint density at radius 3 is 1.24 bits per heavy atom. The number of methoxy groups -OCH3 is 1. The molecule has 0 atom stereocenters. The number of esters is 1. The van der Waals surface area contributed by atoms with Gasteiger partial charge in [-0.05, 0) is 162 Å². The molecule has 8 aromatic rings. The van der Waals surface area contributed by atoms with E-state index in [4.69, 9.17) is 18.9 Å². The zero-order chi connectivity index (χ0) is 46.9. The predicted octanol–water partition coefficient (Wildman–Crippen LogP) is 14.9. The molecule has 0 unspecified atom stereocenters. The monoisotopic (exact) mass is 898 g/mol. The Kier molecular flexibility index (Phi) is 15.8. The number of aryl methyl sites for hydroxylation is 2. The van der Waals surface area contributed by atoms with E-state index in [0.717, 1.165) is 75.0 Å². The third-order valence-corrected chi connectivity index (χ3v) is 11.4. The maximum atomic E-state index is 12.4. The number of hydrogen-bond donors (Lipinski definition) is 0.